The Morgan fingerprint density at radius 1 is 1.02 bits per heavy atom. The molecule has 2 unspecified atom stereocenters. The van der Waals surface area contributed by atoms with E-state index in [9.17, 15) is 36.7 Å². The van der Waals surface area contributed by atoms with Crippen molar-refractivity contribution < 1.29 is 40.9 Å². The third-order valence-corrected chi connectivity index (χ3v) is 7.41. The first kappa shape index (κ1) is 31.7. The Hall–Kier alpha value is -2.79. The predicted octanol–water partition coefficient (Wildman–Crippen LogP) is 7.17. The molecule has 0 spiro atoms. The van der Waals surface area contributed by atoms with Gasteiger partial charge in [-0.1, -0.05) is 27.7 Å². The van der Waals surface area contributed by atoms with Crippen LogP contribution in [0.3, 0.4) is 0 Å². The third-order valence-electron chi connectivity index (χ3n) is 7.41. The number of nitrogens with one attached hydrogen (secondary N) is 1. The number of hydrogen-bond acceptors (Lipinski definition) is 4. The zero-order valence-corrected chi connectivity index (χ0v) is 23.4. The van der Waals surface area contributed by atoms with Crippen molar-refractivity contribution in [2.24, 2.45) is 5.41 Å². The molecule has 5 nitrogen and oxygen atoms in total. The van der Waals surface area contributed by atoms with E-state index in [1.54, 1.807) is 12.1 Å². The number of aliphatic hydroxyl groups excluding tert-OH is 1. The van der Waals surface area contributed by atoms with Crippen LogP contribution in [0.4, 0.5) is 26.3 Å². The summed E-state index contributed by atoms with van der Waals surface area (Å²) in [7, 11) is 1.47. The van der Waals surface area contributed by atoms with E-state index >= 15 is 0 Å². The molecule has 222 valence electrons. The Kier molecular flexibility index (Phi) is 9.20. The molecule has 2 atom stereocenters. The molecule has 11 heteroatoms. The molecule has 0 fully saturated rings. The zero-order chi connectivity index (χ0) is 30.2. The van der Waals surface area contributed by atoms with E-state index in [0.717, 1.165) is 22.3 Å². The average molecular weight is 575 g/mol. The van der Waals surface area contributed by atoms with Crippen LogP contribution in [0.1, 0.15) is 94.0 Å². The molecule has 0 amide bonds. The summed E-state index contributed by atoms with van der Waals surface area (Å²) in [4.78, 5) is 0. The molecule has 0 saturated heterocycles. The predicted molar refractivity (Wildman–Crippen MR) is 139 cm³/mol. The van der Waals surface area contributed by atoms with Crippen LogP contribution in [0.15, 0.2) is 35.9 Å². The van der Waals surface area contributed by atoms with Crippen molar-refractivity contribution >= 4 is 5.57 Å². The molecule has 40 heavy (non-hydrogen) atoms. The van der Waals surface area contributed by atoms with Gasteiger partial charge in [-0.2, -0.15) is 31.1 Å². The standard InChI is InChI=1S/C29H36F6N2O3/c1-16(2)23-7-8-24(40-6)25(37(23)39)22-9-10-27(4,5)14-19(22)15-36-17(3)26(38)18-11-20(28(30,31)32)13-21(12-18)29(33,34)35/h7-8,11-13,16-17,26,36,38H,9-10,14-15H2,1-6H3. The Morgan fingerprint density at radius 3 is 2.10 bits per heavy atom. The fourth-order valence-electron chi connectivity index (χ4n) is 5.10. The first-order valence-corrected chi connectivity index (χ1v) is 13.1. The van der Waals surface area contributed by atoms with Gasteiger partial charge in [-0.05, 0) is 67.0 Å². The zero-order valence-electron chi connectivity index (χ0n) is 23.4. The highest BCUT2D eigenvalue weighted by atomic mass is 19.4. The number of aromatic nitrogens is 1. The van der Waals surface area contributed by atoms with Gasteiger partial charge in [0.1, 0.15) is 0 Å². The number of pyridine rings is 1. The van der Waals surface area contributed by atoms with Crippen molar-refractivity contribution in [2.75, 3.05) is 13.7 Å². The maximum Gasteiger partial charge on any atom is 0.416 e. The third kappa shape index (κ3) is 7.09. The first-order valence-electron chi connectivity index (χ1n) is 13.1. The van der Waals surface area contributed by atoms with E-state index in [1.807, 2.05) is 13.8 Å². The Morgan fingerprint density at radius 2 is 1.60 bits per heavy atom. The summed E-state index contributed by atoms with van der Waals surface area (Å²) in [5, 5.41) is 27.3. The van der Waals surface area contributed by atoms with Crippen LogP contribution in [-0.4, -0.2) is 24.8 Å². The smallest absolute Gasteiger partial charge is 0.416 e. The van der Waals surface area contributed by atoms with E-state index in [4.69, 9.17) is 4.74 Å². The topological polar surface area (TPSA) is 68.4 Å². The highest BCUT2D eigenvalue weighted by Gasteiger charge is 2.38. The Balaban J connectivity index is 1.98. The fourth-order valence-corrected chi connectivity index (χ4v) is 5.10. The van der Waals surface area contributed by atoms with Crippen LogP contribution in [0.5, 0.6) is 5.75 Å². The number of halogens is 6. The summed E-state index contributed by atoms with van der Waals surface area (Å²) in [5.74, 6) is 0.358. The monoisotopic (exact) mass is 574 g/mol. The lowest BCUT2D eigenvalue weighted by Crippen LogP contribution is -2.40. The minimum Gasteiger partial charge on any atom is -0.618 e. The Bertz CT molecular complexity index is 1220. The molecular weight excluding hydrogens is 538 g/mol. The molecule has 1 heterocycles. The molecule has 1 aromatic carbocycles. The van der Waals surface area contributed by atoms with Crippen LogP contribution >= 0.6 is 0 Å². The highest BCUT2D eigenvalue weighted by Crippen LogP contribution is 2.44. The number of aliphatic hydroxyl groups is 1. The summed E-state index contributed by atoms with van der Waals surface area (Å²) in [6.45, 7) is 9.62. The second kappa shape index (κ2) is 11.6. The van der Waals surface area contributed by atoms with Crippen molar-refractivity contribution in [3.05, 3.63) is 69.2 Å². The van der Waals surface area contributed by atoms with Crippen LogP contribution in [-0.2, 0) is 12.4 Å². The van der Waals surface area contributed by atoms with Gasteiger partial charge in [-0.3, -0.25) is 0 Å². The quantitative estimate of drug-likeness (QED) is 0.199. The lowest BCUT2D eigenvalue weighted by molar-refractivity contribution is -0.618. The van der Waals surface area contributed by atoms with Crippen molar-refractivity contribution in [1.82, 2.24) is 5.32 Å². The largest absolute Gasteiger partial charge is 0.618 e. The fraction of sp³-hybridized carbons (Fsp3) is 0.552. The van der Waals surface area contributed by atoms with Crippen molar-refractivity contribution in [3.63, 3.8) is 0 Å². The number of hydrogen-bond donors (Lipinski definition) is 2. The molecule has 2 N–H and O–H groups in total. The Labute approximate surface area is 230 Å². The van der Waals surface area contributed by atoms with E-state index in [0.29, 0.717) is 42.1 Å². The molecule has 0 bridgehead atoms. The van der Waals surface area contributed by atoms with Crippen LogP contribution in [0.2, 0.25) is 0 Å². The number of ether oxygens (including phenoxy) is 1. The molecule has 0 radical (unpaired) electrons. The molecule has 1 aromatic heterocycles. The molecule has 0 aliphatic heterocycles. The van der Waals surface area contributed by atoms with Crippen molar-refractivity contribution in [2.45, 2.75) is 84.3 Å². The van der Waals surface area contributed by atoms with Gasteiger partial charge in [0.25, 0.3) is 5.69 Å². The summed E-state index contributed by atoms with van der Waals surface area (Å²) in [5.41, 5.74) is -0.984. The SMILES string of the molecule is COc1ccc(C(C)C)[n+]([O-])c1C1=C(CNC(C)C(O)c2cc(C(F)(F)F)cc(C(F)(F)F)c2)CC(C)(C)CC1. The highest BCUT2D eigenvalue weighted by molar-refractivity contribution is 5.70. The minimum absolute atomic E-state index is 0.0341. The van der Waals surface area contributed by atoms with Gasteiger partial charge in [-0.25, -0.2) is 0 Å². The molecule has 0 saturated carbocycles. The molecule has 3 rings (SSSR count). The van der Waals surface area contributed by atoms with E-state index < -0.39 is 41.2 Å². The van der Waals surface area contributed by atoms with Gasteiger partial charge in [0.05, 0.1) is 24.3 Å². The normalized spacial score (nSPS) is 17.8. The van der Waals surface area contributed by atoms with Gasteiger partial charge in [0.2, 0.25) is 0 Å². The van der Waals surface area contributed by atoms with Crippen molar-refractivity contribution in [1.29, 1.82) is 0 Å². The number of alkyl halides is 6. The lowest BCUT2D eigenvalue weighted by Gasteiger charge is -2.34. The van der Waals surface area contributed by atoms with Crippen molar-refractivity contribution in [3.8, 4) is 5.75 Å². The molecular formula is C29H36F6N2O3. The van der Waals surface area contributed by atoms with Crippen LogP contribution in [0, 0.1) is 10.6 Å². The number of methoxy groups -OCH3 is 1. The second-order valence-electron chi connectivity index (χ2n) is 11.5. The number of rotatable bonds is 8. The van der Waals surface area contributed by atoms with Gasteiger partial charge >= 0.3 is 12.4 Å². The number of allylic oxidation sites excluding steroid dienone is 1. The second-order valence-corrected chi connectivity index (χ2v) is 11.5. The minimum atomic E-state index is -5.02. The van der Waals surface area contributed by atoms with Gasteiger partial charge in [-0.15, -0.1) is 0 Å². The summed E-state index contributed by atoms with van der Waals surface area (Å²) < 4.78 is 86.4. The van der Waals surface area contributed by atoms with Gasteiger partial charge in [0, 0.05) is 30.1 Å². The van der Waals surface area contributed by atoms with E-state index in [1.165, 1.54) is 14.0 Å². The van der Waals surface area contributed by atoms with Gasteiger partial charge < -0.3 is 20.4 Å². The van der Waals surface area contributed by atoms with E-state index in [2.05, 4.69) is 19.2 Å². The number of nitrogens with zero attached hydrogens (tertiary/aromatic N) is 1. The first-order chi connectivity index (χ1) is 18.4. The van der Waals surface area contributed by atoms with Crippen LogP contribution < -0.4 is 14.8 Å². The summed E-state index contributed by atoms with van der Waals surface area (Å²) in [6, 6.07) is 3.66. The van der Waals surface area contributed by atoms with E-state index in [-0.39, 0.29) is 23.9 Å². The van der Waals surface area contributed by atoms with Gasteiger partial charge in [0.15, 0.2) is 11.4 Å². The molecule has 1 aliphatic carbocycles. The maximum atomic E-state index is 13.4. The van der Waals surface area contributed by atoms with Crippen LogP contribution in [0.25, 0.3) is 5.57 Å². The number of benzene rings is 1. The summed E-state index contributed by atoms with van der Waals surface area (Å²) >= 11 is 0. The molecule has 2 aromatic rings. The lowest BCUT2D eigenvalue weighted by atomic mass is 9.73. The summed E-state index contributed by atoms with van der Waals surface area (Å²) in [6.07, 6.45) is -9.73. The molecule has 1 aliphatic rings. The maximum absolute atomic E-state index is 13.4. The average Bonchev–Trinajstić information content (AvgIpc) is 2.85.